The standard InChI is InChI=1S/C27H33N7.C26H30N6O.C25H28N6O/c1-19-14-24-23(4-7-28-26(24)15-20(19)2)25-17-30-34-18-22(16-29-27(25)34)32-8-5-21(6-9-32)33-12-10-31(3)11-13-33;1-18-13-23-22(3-6-27-25(23)14-19(18)2)24-16-29-32-17-21(15-28-26(24)32)30-7-4-20(5-8-30)31-9-11-33-12-10-31;1-18-2-3-24-22(14-18)21(4-7-26-24)23-16-28-31-17-20(15-27-25(23)31)29-8-5-19(6-9-29)30-10-12-32-13-11-30/h4,7,14-18,21H,5-6,8-13H2,1-3H3;3,6,13-17,20H,4-5,7-12H2,1-2H3;2-4,7,14-17,19H,5-6,8-13H2,1H3. The molecule has 510 valence electrons. The summed E-state index contributed by atoms with van der Waals surface area (Å²) in [4.78, 5) is 46.0. The van der Waals surface area contributed by atoms with Crippen molar-refractivity contribution in [1.82, 2.24) is 78.3 Å². The number of pyridine rings is 3. The molecule has 0 radical (unpaired) electrons. The molecule has 3 aromatic carbocycles. The molecule has 0 spiro atoms. The number of benzene rings is 3. The summed E-state index contributed by atoms with van der Waals surface area (Å²) in [6, 6.07) is 23.4. The molecule has 0 saturated carbocycles. The summed E-state index contributed by atoms with van der Waals surface area (Å²) < 4.78 is 16.8. The van der Waals surface area contributed by atoms with E-state index in [-0.39, 0.29) is 0 Å². The van der Waals surface area contributed by atoms with Gasteiger partial charge in [-0.05, 0) is 174 Å². The first-order valence-corrected chi connectivity index (χ1v) is 35.9. The fourth-order valence-corrected chi connectivity index (χ4v) is 16.0. The molecule has 15 heterocycles. The molecular weight excluding hydrogens is 1230 g/mol. The second kappa shape index (κ2) is 28.3. The lowest BCUT2D eigenvalue weighted by atomic mass is 9.99. The third-order valence-corrected chi connectivity index (χ3v) is 22.2. The Kier molecular flexibility index (Phi) is 18.4. The second-order valence-corrected chi connectivity index (χ2v) is 28.2. The number of nitrogens with zero attached hydrogens (tertiary/aromatic N) is 19. The summed E-state index contributed by atoms with van der Waals surface area (Å²) >= 11 is 0. The Morgan fingerprint density at radius 2 is 0.677 bits per heavy atom. The number of fused-ring (bicyclic) bond motifs is 6. The maximum atomic E-state index is 5.52. The minimum atomic E-state index is 0.671. The van der Waals surface area contributed by atoms with Crippen molar-refractivity contribution in [3.63, 3.8) is 0 Å². The van der Waals surface area contributed by atoms with Crippen LogP contribution in [0.5, 0.6) is 0 Å². The molecule has 0 amide bonds. The van der Waals surface area contributed by atoms with Gasteiger partial charge in [0.1, 0.15) is 0 Å². The van der Waals surface area contributed by atoms with Crippen LogP contribution in [0.3, 0.4) is 0 Å². The van der Waals surface area contributed by atoms with Gasteiger partial charge in [0.05, 0.1) is 116 Å². The monoisotopic (exact) mass is 1330 g/mol. The average molecular weight is 1330 g/mol. The molecular formula is C78H91N19O2. The predicted octanol–water partition coefficient (Wildman–Crippen LogP) is 11.2. The van der Waals surface area contributed by atoms with E-state index in [0.29, 0.717) is 18.1 Å². The van der Waals surface area contributed by atoms with Crippen LogP contribution in [-0.2, 0) is 9.47 Å². The minimum absolute atomic E-state index is 0.671. The van der Waals surface area contributed by atoms with Gasteiger partial charge in [-0.3, -0.25) is 29.7 Å². The highest BCUT2D eigenvalue weighted by atomic mass is 16.5. The number of hydrogen-bond donors (Lipinski definition) is 0. The average Bonchev–Trinajstić information content (AvgIpc) is 1.73. The first-order chi connectivity index (χ1) is 48.5. The molecule has 0 bridgehead atoms. The Morgan fingerprint density at radius 3 is 1.06 bits per heavy atom. The van der Waals surface area contributed by atoms with E-state index in [4.69, 9.17) is 24.4 Å². The quantitative estimate of drug-likeness (QED) is 0.134. The van der Waals surface area contributed by atoms with Gasteiger partial charge in [-0.15, -0.1) is 0 Å². The van der Waals surface area contributed by atoms with Crippen LogP contribution in [0.25, 0.3) is 83.0 Å². The van der Waals surface area contributed by atoms with E-state index in [1.807, 2.05) is 69.3 Å². The van der Waals surface area contributed by atoms with Crippen LogP contribution in [0.1, 0.15) is 66.3 Å². The molecule has 0 N–H and O–H groups in total. The number of aromatic nitrogens is 12. The van der Waals surface area contributed by atoms with Crippen molar-refractivity contribution >= 4 is 66.7 Å². The maximum absolute atomic E-state index is 5.52. The Labute approximate surface area is 579 Å². The predicted molar refractivity (Wildman–Crippen MR) is 394 cm³/mol. The third kappa shape index (κ3) is 13.4. The van der Waals surface area contributed by atoms with Gasteiger partial charge in [-0.2, -0.15) is 15.3 Å². The molecule has 0 aliphatic carbocycles. The molecule has 0 unspecified atom stereocenters. The van der Waals surface area contributed by atoms with Crippen LogP contribution in [0.4, 0.5) is 17.1 Å². The van der Waals surface area contributed by atoms with Gasteiger partial charge in [0.15, 0.2) is 16.9 Å². The fraction of sp³-hybridized carbons (Fsp3) is 0.423. The number of ether oxygens (including phenoxy) is 2. The van der Waals surface area contributed by atoms with Crippen molar-refractivity contribution in [1.29, 1.82) is 0 Å². The lowest BCUT2D eigenvalue weighted by Gasteiger charge is -2.42. The van der Waals surface area contributed by atoms with Crippen LogP contribution in [0.2, 0.25) is 0 Å². The van der Waals surface area contributed by atoms with E-state index in [1.165, 1.54) is 92.5 Å². The van der Waals surface area contributed by atoms with Crippen LogP contribution < -0.4 is 14.7 Å². The summed E-state index contributed by atoms with van der Waals surface area (Å²) in [5, 5.41) is 17.4. The van der Waals surface area contributed by atoms with E-state index in [9.17, 15) is 0 Å². The number of piperidine rings is 3. The molecule has 6 aliphatic heterocycles. The van der Waals surface area contributed by atoms with Gasteiger partial charge in [0.25, 0.3) is 0 Å². The molecule has 6 aliphatic rings. The number of rotatable bonds is 9. The molecule has 21 nitrogen and oxygen atoms in total. The van der Waals surface area contributed by atoms with Gasteiger partial charge in [0, 0.05) is 161 Å². The van der Waals surface area contributed by atoms with Crippen molar-refractivity contribution < 1.29 is 9.47 Å². The highest BCUT2D eigenvalue weighted by Gasteiger charge is 2.31. The molecule has 99 heavy (non-hydrogen) atoms. The number of hydrogen-bond acceptors (Lipinski definition) is 18. The van der Waals surface area contributed by atoms with Crippen molar-refractivity contribution in [3.05, 3.63) is 163 Å². The van der Waals surface area contributed by atoms with Crippen LogP contribution in [-0.4, -0.2) is 222 Å². The Hall–Kier alpha value is -9.09. The van der Waals surface area contributed by atoms with Gasteiger partial charge in [0.2, 0.25) is 0 Å². The molecule has 6 fully saturated rings. The zero-order chi connectivity index (χ0) is 67.1. The van der Waals surface area contributed by atoms with E-state index < -0.39 is 0 Å². The van der Waals surface area contributed by atoms with Crippen LogP contribution in [0.15, 0.2) is 135 Å². The summed E-state index contributed by atoms with van der Waals surface area (Å²) in [7, 11) is 2.23. The number of piperazine rings is 1. The van der Waals surface area contributed by atoms with Gasteiger partial charge >= 0.3 is 0 Å². The van der Waals surface area contributed by atoms with E-state index >= 15 is 0 Å². The largest absolute Gasteiger partial charge is 0.379 e. The maximum Gasteiger partial charge on any atom is 0.162 e. The third-order valence-electron chi connectivity index (χ3n) is 22.2. The van der Waals surface area contributed by atoms with Gasteiger partial charge < -0.3 is 29.1 Å². The topological polar surface area (TPSA) is 170 Å². The summed E-state index contributed by atoms with van der Waals surface area (Å²) in [5.74, 6) is 0. The minimum Gasteiger partial charge on any atom is -0.379 e. The first-order valence-electron chi connectivity index (χ1n) is 35.9. The van der Waals surface area contributed by atoms with Crippen LogP contribution in [0, 0.1) is 34.6 Å². The fourth-order valence-electron chi connectivity index (χ4n) is 16.0. The molecule has 9 aromatic heterocycles. The summed E-state index contributed by atoms with van der Waals surface area (Å²) in [5.41, 5.74) is 21.9. The van der Waals surface area contributed by atoms with Crippen molar-refractivity contribution in [3.8, 4) is 33.4 Å². The SMILES string of the molecule is Cc1cc2nccc(-c3cnn4cc(N5CCC(N6CCN(C)CC6)CC5)cnc34)c2cc1C.Cc1cc2nccc(-c3cnn4cc(N5CCC(N6CCOCC6)CC5)cnc34)c2cc1C.Cc1ccc2nccc(-c3cnn4cc(N5CCC(N6CCOCC6)CC5)cnc34)c2c1. The van der Waals surface area contributed by atoms with Crippen LogP contribution >= 0.6 is 0 Å². The number of morpholine rings is 2. The lowest BCUT2D eigenvalue weighted by molar-refractivity contribution is 0.0115. The molecule has 21 heteroatoms. The lowest BCUT2D eigenvalue weighted by Crippen LogP contribution is -2.52. The van der Waals surface area contributed by atoms with E-state index in [1.54, 1.807) is 0 Å². The van der Waals surface area contributed by atoms with Gasteiger partial charge in [-0.1, -0.05) is 11.6 Å². The normalized spacial score (nSPS) is 18.6. The zero-order valence-corrected chi connectivity index (χ0v) is 58.2. The Morgan fingerprint density at radius 1 is 0.333 bits per heavy atom. The molecule has 18 rings (SSSR count). The molecule has 6 saturated heterocycles. The summed E-state index contributed by atoms with van der Waals surface area (Å²) in [6.45, 7) is 29.6. The first kappa shape index (κ1) is 64.6. The molecule has 0 atom stereocenters. The van der Waals surface area contributed by atoms with E-state index in [2.05, 4.69) is 185 Å². The number of likely N-dealkylation sites (N-methyl/N-ethyl adjacent to an activating group) is 1. The van der Waals surface area contributed by atoms with E-state index in [0.717, 1.165) is 192 Å². The van der Waals surface area contributed by atoms with Crippen molar-refractivity contribution in [2.75, 3.05) is 140 Å². The highest BCUT2D eigenvalue weighted by Crippen LogP contribution is 2.37. The number of anilines is 3. The Bertz CT molecular complexity index is 4850. The second-order valence-electron chi connectivity index (χ2n) is 28.2. The van der Waals surface area contributed by atoms with Gasteiger partial charge in [-0.25, -0.2) is 28.5 Å². The highest BCUT2D eigenvalue weighted by molar-refractivity contribution is 6.00. The number of aryl methyl sites for hydroxylation is 5. The van der Waals surface area contributed by atoms with Crippen molar-refractivity contribution in [2.24, 2.45) is 0 Å². The Balaban J connectivity index is 0.000000116. The zero-order valence-electron chi connectivity index (χ0n) is 58.2. The smallest absolute Gasteiger partial charge is 0.162 e. The molecule has 12 aromatic rings. The van der Waals surface area contributed by atoms with Crippen molar-refractivity contribution in [2.45, 2.75) is 91.3 Å². The summed E-state index contributed by atoms with van der Waals surface area (Å²) in [6.07, 6.45) is 31.0.